The number of hydrogen-bond acceptors (Lipinski definition) is 4. The van der Waals surface area contributed by atoms with E-state index in [0.717, 1.165) is 12.2 Å². The van der Waals surface area contributed by atoms with Crippen molar-refractivity contribution in [1.29, 1.82) is 0 Å². The van der Waals surface area contributed by atoms with Gasteiger partial charge in [0.25, 0.3) is 0 Å². The Labute approximate surface area is 85.8 Å². The van der Waals surface area contributed by atoms with Crippen LogP contribution in [0.2, 0.25) is 0 Å². The zero-order valence-electron chi connectivity index (χ0n) is 7.50. The van der Waals surface area contributed by atoms with Crippen LogP contribution >= 0.6 is 12.6 Å². The molecule has 0 saturated carbocycles. The molecule has 0 spiro atoms. The molecule has 74 valence electrons. The average Bonchev–Trinajstić information content (AvgIpc) is 2.54. The fourth-order valence-electron chi connectivity index (χ4n) is 1.25. The number of aromatic nitrogens is 4. The van der Waals surface area contributed by atoms with E-state index in [4.69, 9.17) is 0 Å². The molecule has 2 aromatic heterocycles. The van der Waals surface area contributed by atoms with Crippen molar-refractivity contribution in [2.24, 2.45) is 0 Å². The van der Waals surface area contributed by atoms with Crippen LogP contribution in [0.25, 0.3) is 5.65 Å². The fourth-order valence-corrected chi connectivity index (χ4v) is 1.39. The van der Waals surface area contributed by atoms with Gasteiger partial charge in [-0.25, -0.2) is 13.9 Å². The summed E-state index contributed by atoms with van der Waals surface area (Å²) in [6.07, 6.45) is 5.58. The molecular formula is C8H10N4OS. The summed E-state index contributed by atoms with van der Waals surface area (Å²) in [7, 11) is 0. The van der Waals surface area contributed by atoms with Crippen molar-refractivity contribution < 1.29 is 0 Å². The normalized spacial score (nSPS) is 10.9. The van der Waals surface area contributed by atoms with Gasteiger partial charge < -0.3 is 0 Å². The van der Waals surface area contributed by atoms with Crippen molar-refractivity contribution >= 4 is 18.3 Å². The number of aryl methyl sites for hydroxylation is 1. The Morgan fingerprint density at radius 1 is 1.50 bits per heavy atom. The maximum Gasteiger partial charge on any atom is 0.350 e. The van der Waals surface area contributed by atoms with Gasteiger partial charge in [0.15, 0.2) is 5.65 Å². The van der Waals surface area contributed by atoms with Gasteiger partial charge in [-0.15, -0.1) is 5.10 Å². The highest BCUT2D eigenvalue weighted by molar-refractivity contribution is 7.80. The number of rotatable bonds is 3. The van der Waals surface area contributed by atoms with Crippen molar-refractivity contribution in [3.63, 3.8) is 0 Å². The summed E-state index contributed by atoms with van der Waals surface area (Å²) in [6.45, 7) is 0.601. The molecule has 0 radical (unpaired) electrons. The Bertz CT molecular complexity index is 489. The molecule has 2 heterocycles. The second-order valence-corrected chi connectivity index (χ2v) is 3.33. The summed E-state index contributed by atoms with van der Waals surface area (Å²) in [5.74, 6) is 0.749. The molecule has 0 saturated heterocycles. The summed E-state index contributed by atoms with van der Waals surface area (Å²) < 4.78 is 2.92. The van der Waals surface area contributed by atoms with Crippen molar-refractivity contribution in [3.05, 3.63) is 29.1 Å². The number of hydrogen-bond donors (Lipinski definition) is 1. The lowest BCUT2D eigenvalue weighted by Gasteiger charge is -1.93. The third kappa shape index (κ3) is 1.52. The third-order valence-electron chi connectivity index (χ3n) is 1.92. The molecule has 2 aromatic rings. The minimum atomic E-state index is -0.121. The Morgan fingerprint density at radius 3 is 3.07 bits per heavy atom. The maximum absolute atomic E-state index is 11.6. The lowest BCUT2D eigenvalue weighted by Crippen LogP contribution is -2.21. The summed E-state index contributed by atoms with van der Waals surface area (Å²) in [5.41, 5.74) is 0.459. The van der Waals surface area contributed by atoms with Crippen LogP contribution < -0.4 is 5.69 Å². The summed E-state index contributed by atoms with van der Waals surface area (Å²) >= 11 is 4.09. The summed E-state index contributed by atoms with van der Waals surface area (Å²) in [5, 5.41) is 4.12. The molecule has 0 fully saturated rings. The molecule has 14 heavy (non-hydrogen) atoms. The van der Waals surface area contributed by atoms with E-state index in [2.05, 4.69) is 22.7 Å². The topological polar surface area (TPSA) is 52.2 Å². The lowest BCUT2D eigenvalue weighted by atomic mass is 10.5. The lowest BCUT2D eigenvalue weighted by molar-refractivity contribution is 0.585. The van der Waals surface area contributed by atoms with E-state index in [9.17, 15) is 4.79 Å². The molecule has 0 aromatic carbocycles. The second kappa shape index (κ2) is 3.83. The molecule has 0 amide bonds. The summed E-state index contributed by atoms with van der Waals surface area (Å²) in [4.78, 5) is 15.5. The van der Waals surface area contributed by atoms with E-state index in [1.807, 2.05) is 0 Å². The van der Waals surface area contributed by atoms with Crippen molar-refractivity contribution in [3.8, 4) is 0 Å². The van der Waals surface area contributed by atoms with E-state index in [1.165, 1.54) is 9.08 Å². The van der Waals surface area contributed by atoms with Gasteiger partial charge in [0.2, 0.25) is 0 Å². The third-order valence-corrected chi connectivity index (χ3v) is 2.23. The smallest absolute Gasteiger partial charge is 0.259 e. The van der Waals surface area contributed by atoms with Crippen LogP contribution in [0, 0.1) is 0 Å². The monoisotopic (exact) mass is 210 g/mol. The van der Waals surface area contributed by atoms with Crippen LogP contribution in [-0.4, -0.2) is 24.9 Å². The number of fused-ring (bicyclic) bond motifs is 1. The van der Waals surface area contributed by atoms with Crippen molar-refractivity contribution in [2.75, 3.05) is 5.75 Å². The predicted molar refractivity (Wildman–Crippen MR) is 55.7 cm³/mol. The quantitative estimate of drug-likeness (QED) is 0.737. The number of nitrogens with zero attached hydrogens (tertiary/aromatic N) is 4. The van der Waals surface area contributed by atoms with Gasteiger partial charge in [0, 0.05) is 18.9 Å². The molecule has 0 aliphatic rings. The Morgan fingerprint density at radius 2 is 2.36 bits per heavy atom. The first-order chi connectivity index (χ1) is 6.83. The van der Waals surface area contributed by atoms with Crippen LogP contribution in [0.4, 0.5) is 0 Å². The van der Waals surface area contributed by atoms with Gasteiger partial charge in [-0.05, 0) is 12.2 Å². The first kappa shape index (κ1) is 9.26. The van der Waals surface area contributed by atoms with Gasteiger partial charge in [0.1, 0.15) is 0 Å². The minimum absolute atomic E-state index is 0.121. The molecule has 2 rings (SSSR count). The maximum atomic E-state index is 11.6. The SMILES string of the molecule is O=c1n(CCCS)nc2cnccn12. The van der Waals surface area contributed by atoms with E-state index < -0.39 is 0 Å². The Kier molecular flexibility index (Phi) is 2.53. The first-order valence-corrected chi connectivity index (χ1v) is 4.96. The zero-order valence-corrected chi connectivity index (χ0v) is 8.39. The average molecular weight is 210 g/mol. The van der Waals surface area contributed by atoms with E-state index in [-0.39, 0.29) is 5.69 Å². The minimum Gasteiger partial charge on any atom is -0.259 e. The fraction of sp³-hybridized carbons (Fsp3) is 0.375. The summed E-state index contributed by atoms with van der Waals surface area (Å²) in [6, 6.07) is 0. The molecule has 0 atom stereocenters. The molecule has 0 bridgehead atoms. The van der Waals surface area contributed by atoms with E-state index in [0.29, 0.717) is 12.2 Å². The van der Waals surface area contributed by atoms with Gasteiger partial charge in [-0.1, -0.05) is 0 Å². The van der Waals surface area contributed by atoms with Crippen LogP contribution in [0.5, 0.6) is 0 Å². The largest absolute Gasteiger partial charge is 0.350 e. The standard InChI is InChI=1S/C8H10N4OS/c13-8-11-4-2-9-6-7(11)10-12(8)3-1-5-14/h2,4,6,14H,1,3,5H2. The van der Waals surface area contributed by atoms with Gasteiger partial charge in [0.05, 0.1) is 6.20 Å². The molecule has 0 unspecified atom stereocenters. The van der Waals surface area contributed by atoms with Crippen LogP contribution in [0.3, 0.4) is 0 Å². The predicted octanol–water partition coefficient (Wildman–Crippen LogP) is 0.211. The van der Waals surface area contributed by atoms with Gasteiger partial charge in [-0.3, -0.25) is 4.98 Å². The van der Waals surface area contributed by atoms with E-state index >= 15 is 0 Å². The highest BCUT2D eigenvalue weighted by Crippen LogP contribution is 1.93. The zero-order chi connectivity index (χ0) is 9.97. The molecule has 6 heteroatoms. The molecular weight excluding hydrogens is 200 g/mol. The molecule has 0 N–H and O–H groups in total. The highest BCUT2D eigenvalue weighted by atomic mass is 32.1. The molecule has 5 nitrogen and oxygen atoms in total. The van der Waals surface area contributed by atoms with Crippen molar-refractivity contribution in [1.82, 2.24) is 19.2 Å². The molecule has 0 aliphatic carbocycles. The van der Waals surface area contributed by atoms with Crippen LogP contribution in [-0.2, 0) is 6.54 Å². The Balaban J connectivity index is 2.47. The first-order valence-electron chi connectivity index (χ1n) is 4.33. The number of thiol groups is 1. The van der Waals surface area contributed by atoms with Gasteiger partial charge in [-0.2, -0.15) is 12.6 Å². The Hall–Kier alpha value is -1.30. The second-order valence-electron chi connectivity index (χ2n) is 2.89. The van der Waals surface area contributed by atoms with E-state index in [1.54, 1.807) is 18.6 Å². The molecule has 0 aliphatic heterocycles. The van der Waals surface area contributed by atoms with Crippen LogP contribution in [0.15, 0.2) is 23.4 Å². The van der Waals surface area contributed by atoms with Crippen LogP contribution in [0.1, 0.15) is 6.42 Å². The van der Waals surface area contributed by atoms with Gasteiger partial charge >= 0.3 is 5.69 Å². The van der Waals surface area contributed by atoms with Crippen molar-refractivity contribution in [2.45, 2.75) is 13.0 Å². The highest BCUT2D eigenvalue weighted by Gasteiger charge is 2.04.